The zero-order valence-corrected chi connectivity index (χ0v) is 23.5. The van der Waals surface area contributed by atoms with E-state index in [2.05, 4.69) is 0 Å². The van der Waals surface area contributed by atoms with Crippen LogP contribution in [0.1, 0.15) is 0 Å². The van der Waals surface area contributed by atoms with Crippen LogP contribution in [0.3, 0.4) is 0 Å². The predicted octanol–water partition coefficient (Wildman–Crippen LogP) is 4.71. The number of sulfonamides is 2. The number of nitrogens with zero attached hydrogens (tertiary/aromatic N) is 2. The van der Waals surface area contributed by atoms with Gasteiger partial charge in [0.1, 0.15) is 22.9 Å². The predicted molar refractivity (Wildman–Crippen MR) is 151 cm³/mol. The minimum atomic E-state index is -4.52. The van der Waals surface area contributed by atoms with Crippen molar-refractivity contribution in [1.82, 2.24) is 0 Å². The topological polar surface area (TPSA) is 149 Å². The number of aliphatic carboxylic acids is 2. The molecule has 0 radical (unpaired) electrons. The summed E-state index contributed by atoms with van der Waals surface area (Å²) >= 11 is 12.3. The van der Waals surface area contributed by atoms with Gasteiger partial charge in [-0.25, -0.2) is 16.8 Å². The zero-order valence-electron chi connectivity index (χ0n) is 20.3. The van der Waals surface area contributed by atoms with Gasteiger partial charge in [0.25, 0.3) is 20.0 Å². The van der Waals surface area contributed by atoms with Crippen molar-refractivity contribution in [3.8, 4) is 0 Å². The summed E-state index contributed by atoms with van der Waals surface area (Å²) in [6.45, 7) is -1.96. The minimum Gasteiger partial charge on any atom is -0.480 e. The molecule has 0 aliphatic carbocycles. The standard InChI is InChI=1S/C26H20Cl2N2O8S2/c27-19-9-3-5-11-23(19)39(35,36)29(15-25(31)32)21-13-14-22(18-8-2-1-7-17(18)21)30(16-26(33)34)40(37,38)24-12-6-4-10-20(24)28/h1-14H,15-16H2,(H,31,32)(H,33,34). The van der Waals surface area contributed by atoms with E-state index < -0.39 is 45.1 Å². The van der Waals surface area contributed by atoms with Gasteiger partial charge in [0.05, 0.1) is 21.4 Å². The Balaban J connectivity index is 1.99. The van der Waals surface area contributed by atoms with Crippen molar-refractivity contribution >= 4 is 77.3 Å². The molecule has 0 heterocycles. The highest BCUT2D eigenvalue weighted by Gasteiger charge is 2.33. The van der Waals surface area contributed by atoms with Gasteiger partial charge in [0, 0.05) is 10.8 Å². The lowest BCUT2D eigenvalue weighted by atomic mass is 10.1. The molecule has 0 atom stereocenters. The van der Waals surface area contributed by atoms with E-state index in [4.69, 9.17) is 23.2 Å². The van der Waals surface area contributed by atoms with E-state index in [1.807, 2.05) is 0 Å². The molecule has 0 amide bonds. The molecule has 0 bridgehead atoms. The number of benzene rings is 4. The quantitative estimate of drug-likeness (QED) is 0.258. The molecule has 14 heteroatoms. The van der Waals surface area contributed by atoms with Crippen LogP contribution in [0.25, 0.3) is 10.8 Å². The van der Waals surface area contributed by atoms with Crippen molar-refractivity contribution in [2.45, 2.75) is 9.79 Å². The Kier molecular flexibility index (Phi) is 8.26. The Morgan fingerprint density at radius 1 is 0.575 bits per heavy atom. The fraction of sp³-hybridized carbons (Fsp3) is 0.0769. The summed E-state index contributed by atoms with van der Waals surface area (Å²) in [5.74, 6) is -2.92. The van der Waals surface area contributed by atoms with Crippen molar-refractivity contribution in [3.05, 3.63) is 95.0 Å². The molecule has 2 N–H and O–H groups in total. The highest BCUT2D eigenvalue weighted by atomic mass is 35.5. The molecule has 0 aliphatic heterocycles. The molecular weight excluding hydrogens is 603 g/mol. The van der Waals surface area contributed by atoms with Crippen LogP contribution in [0.2, 0.25) is 10.0 Å². The van der Waals surface area contributed by atoms with Gasteiger partial charge < -0.3 is 10.2 Å². The lowest BCUT2D eigenvalue weighted by Gasteiger charge is -2.28. The van der Waals surface area contributed by atoms with Crippen LogP contribution in [0, 0.1) is 0 Å². The second kappa shape index (κ2) is 11.3. The average molecular weight is 623 g/mol. The highest BCUT2D eigenvalue weighted by Crippen LogP contribution is 2.39. The van der Waals surface area contributed by atoms with Crippen LogP contribution >= 0.6 is 23.2 Å². The molecule has 10 nitrogen and oxygen atoms in total. The van der Waals surface area contributed by atoms with E-state index in [1.54, 1.807) is 12.1 Å². The number of rotatable bonds is 10. The van der Waals surface area contributed by atoms with Crippen molar-refractivity contribution in [1.29, 1.82) is 0 Å². The van der Waals surface area contributed by atoms with Crippen molar-refractivity contribution < 1.29 is 36.6 Å². The normalized spacial score (nSPS) is 11.8. The number of anilines is 2. The summed E-state index contributed by atoms with van der Waals surface area (Å²) in [7, 11) is -9.05. The Hall–Kier alpha value is -3.84. The number of carboxylic acids is 2. The first-order valence-electron chi connectivity index (χ1n) is 11.4. The Morgan fingerprint density at radius 3 is 1.23 bits per heavy atom. The first-order chi connectivity index (χ1) is 18.9. The lowest BCUT2D eigenvalue weighted by Crippen LogP contribution is -2.37. The van der Waals surface area contributed by atoms with Gasteiger partial charge in [0.2, 0.25) is 0 Å². The van der Waals surface area contributed by atoms with Crippen LogP contribution in [-0.4, -0.2) is 52.1 Å². The smallest absolute Gasteiger partial charge is 0.324 e. The largest absolute Gasteiger partial charge is 0.480 e. The maximum Gasteiger partial charge on any atom is 0.324 e. The SMILES string of the molecule is O=C(O)CN(c1ccc(N(CC(=O)O)S(=O)(=O)c2ccccc2Cl)c2ccccc12)S(=O)(=O)c1ccccc1Cl. The highest BCUT2D eigenvalue weighted by molar-refractivity contribution is 7.93. The van der Waals surface area contributed by atoms with E-state index in [9.17, 15) is 36.6 Å². The molecule has 0 aliphatic rings. The third kappa shape index (κ3) is 5.56. The molecule has 0 unspecified atom stereocenters. The molecule has 4 aromatic carbocycles. The number of carbonyl (C=O) groups is 2. The summed E-state index contributed by atoms with van der Waals surface area (Å²) in [5, 5.41) is 19.2. The van der Waals surface area contributed by atoms with Gasteiger partial charge in [-0.1, -0.05) is 71.7 Å². The van der Waals surface area contributed by atoms with Gasteiger partial charge in [-0.2, -0.15) is 0 Å². The summed E-state index contributed by atoms with van der Waals surface area (Å²) < 4.78 is 55.9. The van der Waals surface area contributed by atoms with E-state index in [1.165, 1.54) is 72.8 Å². The number of hydrogen-bond acceptors (Lipinski definition) is 6. The van der Waals surface area contributed by atoms with Crippen LogP contribution in [-0.2, 0) is 29.6 Å². The van der Waals surface area contributed by atoms with Gasteiger partial charge >= 0.3 is 11.9 Å². The summed E-state index contributed by atoms with van der Waals surface area (Å²) in [6.07, 6.45) is 0. The lowest BCUT2D eigenvalue weighted by molar-refractivity contribution is -0.136. The molecule has 4 aromatic rings. The van der Waals surface area contributed by atoms with Gasteiger partial charge in [-0.3, -0.25) is 18.2 Å². The maximum absolute atomic E-state index is 13.7. The van der Waals surface area contributed by atoms with Crippen LogP contribution in [0.15, 0.2) is 94.7 Å². The molecule has 208 valence electrons. The number of halogens is 2. The average Bonchev–Trinajstić information content (AvgIpc) is 2.90. The zero-order chi connectivity index (χ0) is 29.2. The van der Waals surface area contributed by atoms with Gasteiger partial charge in [-0.05, 0) is 36.4 Å². The monoisotopic (exact) mass is 622 g/mol. The second-order valence-corrected chi connectivity index (χ2v) is 12.8. The van der Waals surface area contributed by atoms with E-state index in [0.29, 0.717) is 8.61 Å². The first-order valence-corrected chi connectivity index (χ1v) is 15.0. The number of carboxylic acid groups (broad SMARTS) is 2. The molecule has 0 aromatic heterocycles. The summed E-state index contributed by atoms with van der Waals surface area (Å²) in [5.41, 5.74) is -0.181. The Labute approximate surface area is 239 Å². The van der Waals surface area contributed by atoms with Crippen LogP contribution in [0.5, 0.6) is 0 Å². The van der Waals surface area contributed by atoms with Gasteiger partial charge in [0.15, 0.2) is 0 Å². The summed E-state index contributed by atoms with van der Waals surface area (Å²) in [6, 6.07) is 19.5. The molecular formula is C26H20Cl2N2O8S2. The number of hydrogen-bond donors (Lipinski definition) is 2. The van der Waals surface area contributed by atoms with Crippen molar-refractivity contribution in [2.24, 2.45) is 0 Å². The molecule has 0 saturated heterocycles. The molecule has 0 saturated carbocycles. The summed E-state index contributed by atoms with van der Waals surface area (Å²) in [4.78, 5) is 22.9. The molecule has 0 fully saturated rings. The third-order valence-corrected chi connectivity index (χ3v) is 10.3. The fourth-order valence-corrected chi connectivity index (χ4v) is 7.95. The first kappa shape index (κ1) is 29.2. The number of fused-ring (bicyclic) bond motifs is 1. The fourth-order valence-electron chi connectivity index (χ4n) is 4.09. The second-order valence-electron chi connectivity index (χ2n) is 8.32. The molecule has 0 spiro atoms. The molecule has 4 rings (SSSR count). The Bertz CT molecular complexity index is 1710. The van der Waals surface area contributed by atoms with Crippen molar-refractivity contribution in [3.63, 3.8) is 0 Å². The van der Waals surface area contributed by atoms with Crippen LogP contribution in [0.4, 0.5) is 11.4 Å². The molecule has 40 heavy (non-hydrogen) atoms. The van der Waals surface area contributed by atoms with E-state index in [-0.39, 0.29) is 42.0 Å². The van der Waals surface area contributed by atoms with Crippen LogP contribution < -0.4 is 8.61 Å². The third-order valence-electron chi connectivity index (χ3n) is 5.78. The van der Waals surface area contributed by atoms with E-state index in [0.717, 1.165) is 0 Å². The van der Waals surface area contributed by atoms with Crippen molar-refractivity contribution in [2.75, 3.05) is 21.7 Å². The minimum absolute atomic E-state index is 0.0907. The van der Waals surface area contributed by atoms with Gasteiger partial charge in [-0.15, -0.1) is 0 Å². The maximum atomic E-state index is 13.7. The Morgan fingerprint density at radius 2 is 0.900 bits per heavy atom. The van der Waals surface area contributed by atoms with E-state index >= 15 is 0 Å².